The number of fused-ring (bicyclic) bond motifs is 1. The summed E-state index contributed by atoms with van der Waals surface area (Å²) in [6, 6.07) is 20.1. The van der Waals surface area contributed by atoms with Crippen LogP contribution in [0.15, 0.2) is 76.3 Å². The summed E-state index contributed by atoms with van der Waals surface area (Å²) in [5, 5.41) is 4.94. The summed E-state index contributed by atoms with van der Waals surface area (Å²) in [6.45, 7) is 0. The summed E-state index contributed by atoms with van der Waals surface area (Å²) in [5.41, 5.74) is 5.10. The van der Waals surface area contributed by atoms with E-state index in [4.69, 9.17) is 9.47 Å². The number of halogens is 1. The van der Waals surface area contributed by atoms with Crippen molar-refractivity contribution in [2.24, 2.45) is 5.10 Å². The van der Waals surface area contributed by atoms with Gasteiger partial charge in [0.2, 0.25) is 5.13 Å². The zero-order chi connectivity index (χ0) is 20.9. The van der Waals surface area contributed by atoms with E-state index >= 15 is 0 Å². The third-order valence-corrected chi connectivity index (χ3v) is 5.61. The van der Waals surface area contributed by atoms with Gasteiger partial charge in [-0.15, -0.1) is 0 Å². The number of benzene rings is 3. The van der Waals surface area contributed by atoms with Gasteiger partial charge in [-0.3, -0.25) is 5.43 Å². The van der Waals surface area contributed by atoms with Crippen LogP contribution in [0.3, 0.4) is 0 Å². The van der Waals surface area contributed by atoms with Crippen LogP contribution in [0.4, 0.5) is 5.13 Å². The van der Waals surface area contributed by atoms with E-state index < -0.39 is 5.97 Å². The zero-order valence-corrected chi connectivity index (χ0v) is 18.2. The quantitative estimate of drug-likeness (QED) is 0.164. The van der Waals surface area contributed by atoms with E-state index in [1.165, 1.54) is 18.4 Å². The molecule has 30 heavy (non-hydrogen) atoms. The van der Waals surface area contributed by atoms with Crippen molar-refractivity contribution in [2.75, 3.05) is 12.5 Å². The number of methoxy groups -OCH3 is 1. The van der Waals surface area contributed by atoms with Crippen molar-refractivity contribution in [1.29, 1.82) is 0 Å². The smallest absolute Gasteiger partial charge is 0.343 e. The van der Waals surface area contributed by atoms with Crippen LogP contribution in [0.5, 0.6) is 11.5 Å². The molecule has 0 aliphatic rings. The number of para-hydroxylation sites is 1. The maximum Gasteiger partial charge on any atom is 0.343 e. The molecule has 0 saturated heterocycles. The molecule has 0 saturated carbocycles. The number of carbonyl (C=O) groups is 1. The minimum absolute atomic E-state index is 0.335. The third-order valence-electron chi connectivity index (χ3n) is 4.14. The van der Waals surface area contributed by atoms with Crippen LogP contribution in [0.1, 0.15) is 15.9 Å². The molecule has 150 valence electrons. The lowest BCUT2D eigenvalue weighted by atomic mass is 10.2. The molecule has 8 heteroatoms. The highest BCUT2D eigenvalue weighted by Gasteiger charge is 2.13. The summed E-state index contributed by atoms with van der Waals surface area (Å²) < 4.78 is 12.8. The standard InChI is InChI=1S/C22H16BrN3O3S/c1-28-19-12-14(13-24-26-22-25-17-4-2-3-5-20(17)30-22)6-11-18(19)29-21(27)15-7-9-16(23)10-8-15/h2-13H,1H3,(H,25,26)/b24-13-. The van der Waals surface area contributed by atoms with Gasteiger partial charge in [-0.1, -0.05) is 39.4 Å². The first-order chi connectivity index (χ1) is 14.6. The minimum atomic E-state index is -0.459. The van der Waals surface area contributed by atoms with Gasteiger partial charge in [-0.2, -0.15) is 5.10 Å². The van der Waals surface area contributed by atoms with Crippen molar-refractivity contribution in [1.82, 2.24) is 4.98 Å². The van der Waals surface area contributed by atoms with Gasteiger partial charge in [-0.25, -0.2) is 9.78 Å². The van der Waals surface area contributed by atoms with Crippen molar-refractivity contribution in [3.05, 3.63) is 82.3 Å². The second kappa shape index (κ2) is 9.06. The van der Waals surface area contributed by atoms with Crippen molar-refractivity contribution in [3.63, 3.8) is 0 Å². The Balaban J connectivity index is 1.45. The third kappa shape index (κ3) is 4.67. The van der Waals surface area contributed by atoms with Gasteiger partial charge in [0.25, 0.3) is 0 Å². The SMILES string of the molecule is COc1cc(/C=N\Nc2nc3ccccc3s2)ccc1OC(=O)c1ccc(Br)cc1. The van der Waals surface area contributed by atoms with Crippen LogP contribution >= 0.6 is 27.3 Å². The Hall–Kier alpha value is -3.23. The summed E-state index contributed by atoms with van der Waals surface area (Å²) in [7, 11) is 1.52. The molecule has 0 atom stereocenters. The predicted octanol–water partition coefficient (Wildman–Crippen LogP) is 5.73. The van der Waals surface area contributed by atoms with Gasteiger partial charge in [0.15, 0.2) is 11.5 Å². The number of hydrogen-bond acceptors (Lipinski definition) is 7. The maximum atomic E-state index is 12.3. The maximum absolute atomic E-state index is 12.3. The molecule has 3 aromatic carbocycles. The van der Waals surface area contributed by atoms with Gasteiger partial charge < -0.3 is 9.47 Å². The first kappa shape index (κ1) is 20.1. The topological polar surface area (TPSA) is 72.8 Å². The van der Waals surface area contributed by atoms with E-state index in [9.17, 15) is 4.79 Å². The number of carbonyl (C=O) groups excluding carboxylic acids is 1. The molecule has 4 aromatic rings. The Morgan fingerprint density at radius 3 is 2.67 bits per heavy atom. The van der Waals surface area contributed by atoms with Crippen LogP contribution in [0.2, 0.25) is 0 Å². The highest BCUT2D eigenvalue weighted by molar-refractivity contribution is 9.10. The summed E-state index contributed by atoms with van der Waals surface area (Å²) in [4.78, 5) is 16.8. The van der Waals surface area contributed by atoms with Gasteiger partial charge in [-0.05, 0) is 60.2 Å². The lowest BCUT2D eigenvalue weighted by Gasteiger charge is -2.10. The fourth-order valence-corrected chi connectivity index (χ4v) is 3.76. The molecule has 0 fully saturated rings. The second-order valence-electron chi connectivity index (χ2n) is 6.16. The largest absolute Gasteiger partial charge is 0.493 e. The van der Waals surface area contributed by atoms with Crippen molar-refractivity contribution in [3.8, 4) is 11.5 Å². The molecule has 1 N–H and O–H groups in total. The minimum Gasteiger partial charge on any atom is -0.493 e. The predicted molar refractivity (Wildman–Crippen MR) is 123 cm³/mol. The average molecular weight is 482 g/mol. The molecule has 0 unspecified atom stereocenters. The monoisotopic (exact) mass is 481 g/mol. The fourth-order valence-electron chi connectivity index (χ4n) is 2.68. The lowest BCUT2D eigenvalue weighted by Crippen LogP contribution is -2.09. The van der Waals surface area contributed by atoms with Crippen LogP contribution < -0.4 is 14.9 Å². The van der Waals surface area contributed by atoms with E-state index in [2.05, 4.69) is 31.4 Å². The number of esters is 1. The molecule has 6 nitrogen and oxygen atoms in total. The number of ether oxygens (including phenoxy) is 2. The van der Waals surface area contributed by atoms with Gasteiger partial charge in [0.05, 0.1) is 29.1 Å². The van der Waals surface area contributed by atoms with Crippen LogP contribution in [-0.2, 0) is 0 Å². The number of nitrogens with one attached hydrogen (secondary N) is 1. The Morgan fingerprint density at radius 1 is 1.10 bits per heavy atom. The number of thiazole rings is 1. The first-order valence-corrected chi connectivity index (χ1v) is 10.5. The number of anilines is 1. The van der Waals surface area contributed by atoms with Gasteiger partial charge in [0.1, 0.15) is 0 Å². The van der Waals surface area contributed by atoms with E-state index in [0.29, 0.717) is 22.2 Å². The van der Waals surface area contributed by atoms with Crippen molar-refractivity contribution in [2.45, 2.75) is 0 Å². The summed E-state index contributed by atoms with van der Waals surface area (Å²) in [6.07, 6.45) is 1.65. The van der Waals surface area contributed by atoms with Crippen LogP contribution in [0.25, 0.3) is 10.2 Å². The highest BCUT2D eigenvalue weighted by atomic mass is 79.9. The molecular weight excluding hydrogens is 466 g/mol. The average Bonchev–Trinajstić information content (AvgIpc) is 3.18. The fraction of sp³-hybridized carbons (Fsp3) is 0.0455. The summed E-state index contributed by atoms with van der Waals surface area (Å²) in [5.74, 6) is 0.311. The Labute approximate surface area is 185 Å². The van der Waals surface area contributed by atoms with E-state index in [-0.39, 0.29) is 0 Å². The molecule has 1 heterocycles. The van der Waals surface area contributed by atoms with Crippen LogP contribution in [-0.4, -0.2) is 24.3 Å². The van der Waals surface area contributed by atoms with E-state index in [0.717, 1.165) is 20.3 Å². The molecule has 0 spiro atoms. The number of hydrazone groups is 1. The Kier molecular flexibility index (Phi) is 6.06. The number of hydrogen-bond donors (Lipinski definition) is 1. The number of rotatable bonds is 6. The molecule has 0 aliphatic heterocycles. The Bertz CT molecular complexity index is 1190. The molecule has 0 aliphatic carbocycles. The van der Waals surface area contributed by atoms with Crippen molar-refractivity contribution >= 4 is 54.8 Å². The molecule has 0 radical (unpaired) electrons. The molecule has 1 aromatic heterocycles. The van der Waals surface area contributed by atoms with E-state index in [1.54, 1.807) is 48.7 Å². The van der Waals surface area contributed by atoms with Gasteiger partial charge >= 0.3 is 5.97 Å². The van der Waals surface area contributed by atoms with Crippen molar-refractivity contribution < 1.29 is 14.3 Å². The second-order valence-corrected chi connectivity index (χ2v) is 8.11. The molecular formula is C22H16BrN3O3S. The highest BCUT2D eigenvalue weighted by Crippen LogP contribution is 2.29. The normalized spacial score (nSPS) is 11.0. The Morgan fingerprint density at radius 2 is 1.90 bits per heavy atom. The first-order valence-electron chi connectivity index (χ1n) is 8.93. The lowest BCUT2D eigenvalue weighted by molar-refractivity contribution is 0.0729. The van der Waals surface area contributed by atoms with E-state index in [1.807, 2.05) is 24.3 Å². The zero-order valence-electron chi connectivity index (χ0n) is 15.8. The van der Waals surface area contributed by atoms with Crippen LogP contribution in [0, 0.1) is 0 Å². The molecule has 0 bridgehead atoms. The molecule has 4 rings (SSSR count). The molecule has 0 amide bonds. The summed E-state index contributed by atoms with van der Waals surface area (Å²) >= 11 is 4.87. The van der Waals surface area contributed by atoms with Gasteiger partial charge in [0, 0.05) is 4.47 Å². The number of nitrogens with zero attached hydrogens (tertiary/aromatic N) is 2. The number of aromatic nitrogens is 1.